The molecule has 178 valence electrons. The fourth-order valence-electron chi connectivity index (χ4n) is 4.63. The minimum absolute atomic E-state index is 0.0612. The molecular weight excluding hydrogens is 458 g/mol. The molecule has 0 saturated heterocycles. The number of rotatable bonds is 7. The van der Waals surface area contributed by atoms with Gasteiger partial charge in [-0.1, -0.05) is 54.1 Å². The van der Waals surface area contributed by atoms with Gasteiger partial charge in [0.25, 0.3) is 5.56 Å². The van der Waals surface area contributed by atoms with Crippen molar-refractivity contribution in [3.8, 4) is 5.69 Å². The summed E-state index contributed by atoms with van der Waals surface area (Å²) in [4.78, 5) is 34.1. The van der Waals surface area contributed by atoms with Crippen LogP contribution < -0.4 is 5.56 Å². The number of halogens is 1. The largest absolute Gasteiger partial charge is 0.332 e. The summed E-state index contributed by atoms with van der Waals surface area (Å²) in [6.07, 6.45) is 2.57. The van der Waals surface area contributed by atoms with E-state index in [4.69, 9.17) is 16.6 Å². The highest BCUT2D eigenvalue weighted by molar-refractivity contribution is 6.30. The molecule has 0 spiro atoms. The summed E-state index contributed by atoms with van der Waals surface area (Å²) >= 11 is 6.22. The van der Waals surface area contributed by atoms with Gasteiger partial charge < -0.3 is 4.90 Å². The van der Waals surface area contributed by atoms with Gasteiger partial charge in [0.2, 0.25) is 5.91 Å². The zero-order valence-corrected chi connectivity index (χ0v) is 20.7. The van der Waals surface area contributed by atoms with E-state index in [2.05, 4.69) is 12.1 Å². The molecule has 4 aromatic rings. The van der Waals surface area contributed by atoms with Crippen LogP contribution in [0.15, 0.2) is 77.6 Å². The van der Waals surface area contributed by atoms with E-state index in [0.29, 0.717) is 28.3 Å². The van der Waals surface area contributed by atoms with E-state index in [0.717, 1.165) is 30.5 Å². The van der Waals surface area contributed by atoms with E-state index < -0.39 is 0 Å². The fraction of sp³-hybridized carbons (Fsp3) is 0.276. The molecule has 1 saturated carbocycles. The van der Waals surface area contributed by atoms with Crippen molar-refractivity contribution in [2.75, 3.05) is 6.54 Å². The minimum Gasteiger partial charge on any atom is -0.332 e. The average Bonchev–Trinajstić information content (AvgIpc) is 3.71. The van der Waals surface area contributed by atoms with Crippen LogP contribution in [-0.2, 0) is 11.2 Å². The van der Waals surface area contributed by atoms with Gasteiger partial charge in [0.1, 0.15) is 5.82 Å². The lowest BCUT2D eigenvalue weighted by molar-refractivity contribution is -0.134. The molecule has 1 unspecified atom stereocenters. The zero-order valence-electron chi connectivity index (χ0n) is 19.9. The Balaban J connectivity index is 1.64. The fourth-order valence-corrected chi connectivity index (χ4v) is 4.85. The van der Waals surface area contributed by atoms with Crippen molar-refractivity contribution < 1.29 is 4.79 Å². The molecule has 0 aliphatic heterocycles. The topological polar surface area (TPSA) is 55.2 Å². The van der Waals surface area contributed by atoms with E-state index in [1.54, 1.807) is 16.7 Å². The Bertz CT molecular complexity index is 1440. The Morgan fingerprint density at radius 1 is 1.09 bits per heavy atom. The first kappa shape index (κ1) is 23.3. The number of hydrogen-bond acceptors (Lipinski definition) is 3. The van der Waals surface area contributed by atoms with E-state index in [1.807, 2.05) is 67.3 Å². The van der Waals surface area contributed by atoms with Crippen LogP contribution in [0.3, 0.4) is 0 Å². The Morgan fingerprint density at radius 2 is 1.80 bits per heavy atom. The molecule has 1 heterocycles. The number of carbonyl (C=O) groups excluding carboxylic acids is 1. The number of nitrogens with zero attached hydrogens (tertiary/aromatic N) is 3. The Morgan fingerprint density at radius 3 is 2.51 bits per heavy atom. The maximum absolute atomic E-state index is 13.8. The molecule has 5 rings (SSSR count). The van der Waals surface area contributed by atoms with Gasteiger partial charge in [0, 0.05) is 17.5 Å². The number of aryl methyl sites for hydroxylation is 1. The standard InChI is InChI=1S/C29H28ClN3O2/c1-19-18-23(30)14-15-26(19)33-27(31-25-11-7-6-10-24(25)29(33)35)20(2)32(28(34)22-12-13-22)17-16-21-8-4-3-5-9-21/h3-11,14-15,18,20,22H,12-13,16-17H2,1-2H3. The van der Waals surface area contributed by atoms with Crippen molar-refractivity contribution in [1.29, 1.82) is 0 Å². The second kappa shape index (κ2) is 9.67. The first-order chi connectivity index (χ1) is 16.9. The monoisotopic (exact) mass is 485 g/mol. The quantitative estimate of drug-likeness (QED) is 0.328. The van der Waals surface area contributed by atoms with Crippen LogP contribution in [0.4, 0.5) is 0 Å². The smallest absolute Gasteiger partial charge is 0.266 e. The number of amides is 1. The van der Waals surface area contributed by atoms with Crippen molar-refractivity contribution in [3.63, 3.8) is 0 Å². The van der Waals surface area contributed by atoms with Crippen LogP contribution in [-0.4, -0.2) is 26.9 Å². The Kier molecular flexibility index (Phi) is 6.44. The van der Waals surface area contributed by atoms with Crippen LogP contribution in [0.2, 0.25) is 5.02 Å². The number of aromatic nitrogens is 2. The van der Waals surface area contributed by atoms with Crippen molar-refractivity contribution in [2.24, 2.45) is 5.92 Å². The number of para-hydroxylation sites is 1. The van der Waals surface area contributed by atoms with E-state index >= 15 is 0 Å². The van der Waals surface area contributed by atoms with Gasteiger partial charge in [-0.2, -0.15) is 0 Å². The van der Waals surface area contributed by atoms with Crippen molar-refractivity contribution in [3.05, 3.63) is 105 Å². The van der Waals surface area contributed by atoms with Crippen LogP contribution in [0, 0.1) is 12.8 Å². The highest BCUT2D eigenvalue weighted by Gasteiger charge is 2.37. The van der Waals surface area contributed by atoms with Gasteiger partial charge in [0.15, 0.2) is 0 Å². The van der Waals surface area contributed by atoms with Gasteiger partial charge in [-0.3, -0.25) is 14.2 Å². The first-order valence-electron chi connectivity index (χ1n) is 12.1. The van der Waals surface area contributed by atoms with Crippen molar-refractivity contribution >= 4 is 28.4 Å². The number of carbonyl (C=O) groups is 1. The lowest BCUT2D eigenvalue weighted by Gasteiger charge is -2.31. The SMILES string of the molecule is Cc1cc(Cl)ccc1-n1c(C(C)N(CCc2ccccc2)C(=O)C2CC2)nc2ccccc2c1=O. The maximum atomic E-state index is 13.8. The summed E-state index contributed by atoms with van der Waals surface area (Å²) in [6.45, 7) is 4.46. The normalized spacial score (nSPS) is 14.1. The van der Waals surface area contributed by atoms with Crippen LogP contribution in [0.1, 0.15) is 42.8 Å². The molecule has 1 atom stereocenters. The summed E-state index contributed by atoms with van der Waals surface area (Å²) in [5.41, 5.74) is 3.25. The third-order valence-corrected chi connectivity index (χ3v) is 6.97. The Labute approximate surface area is 210 Å². The predicted molar refractivity (Wildman–Crippen MR) is 140 cm³/mol. The Hall–Kier alpha value is -3.44. The highest BCUT2D eigenvalue weighted by atomic mass is 35.5. The molecule has 1 aromatic heterocycles. The summed E-state index contributed by atoms with van der Waals surface area (Å²) in [5.74, 6) is 0.752. The molecule has 1 aliphatic carbocycles. The van der Waals surface area contributed by atoms with Crippen LogP contribution >= 0.6 is 11.6 Å². The van der Waals surface area contributed by atoms with Crippen molar-refractivity contribution in [2.45, 2.75) is 39.2 Å². The molecule has 5 nitrogen and oxygen atoms in total. The second-order valence-electron chi connectivity index (χ2n) is 9.28. The van der Waals surface area contributed by atoms with Gasteiger partial charge in [-0.15, -0.1) is 0 Å². The van der Waals surface area contributed by atoms with E-state index in [-0.39, 0.29) is 23.4 Å². The third-order valence-electron chi connectivity index (χ3n) is 6.74. The van der Waals surface area contributed by atoms with E-state index in [1.165, 1.54) is 5.56 Å². The van der Waals surface area contributed by atoms with Gasteiger partial charge in [-0.05, 0) is 74.6 Å². The molecule has 0 N–H and O–H groups in total. The van der Waals surface area contributed by atoms with Crippen molar-refractivity contribution in [1.82, 2.24) is 14.5 Å². The number of benzene rings is 3. The molecule has 1 aliphatic rings. The van der Waals surface area contributed by atoms with Gasteiger partial charge in [0.05, 0.1) is 22.6 Å². The van der Waals surface area contributed by atoms with Crippen LogP contribution in [0.25, 0.3) is 16.6 Å². The molecule has 6 heteroatoms. The molecule has 3 aromatic carbocycles. The lowest BCUT2D eigenvalue weighted by atomic mass is 10.1. The molecule has 1 fully saturated rings. The lowest BCUT2D eigenvalue weighted by Crippen LogP contribution is -2.39. The predicted octanol–water partition coefficient (Wildman–Crippen LogP) is 5.89. The maximum Gasteiger partial charge on any atom is 0.266 e. The number of fused-ring (bicyclic) bond motifs is 1. The second-order valence-corrected chi connectivity index (χ2v) is 9.71. The molecule has 1 amide bonds. The molecule has 35 heavy (non-hydrogen) atoms. The highest BCUT2D eigenvalue weighted by Crippen LogP contribution is 2.34. The summed E-state index contributed by atoms with van der Waals surface area (Å²) in [5, 5.41) is 1.15. The minimum atomic E-state index is -0.390. The number of hydrogen-bond donors (Lipinski definition) is 0. The molecule has 0 bridgehead atoms. The third kappa shape index (κ3) is 4.73. The van der Waals surface area contributed by atoms with E-state index in [9.17, 15) is 9.59 Å². The summed E-state index contributed by atoms with van der Waals surface area (Å²) < 4.78 is 1.66. The zero-order chi connectivity index (χ0) is 24.5. The summed E-state index contributed by atoms with van der Waals surface area (Å²) in [7, 11) is 0. The molecule has 0 radical (unpaired) electrons. The van der Waals surface area contributed by atoms with Gasteiger partial charge in [-0.25, -0.2) is 4.98 Å². The summed E-state index contributed by atoms with van der Waals surface area (Å²) in [6, 6.07) is 22.6. The average molecular weight is 486 g/mol. The molecular formula is C29H28ClN3O2. The van der Waals surface area contributed by atoms with Gasteiger partial charge >= 0.3 is 0 Å². The first-order valence-corrected chi connectivity index (χ1v) is 12.4. The van der Waals surface area contributed by atoms with Crippen LogP contribution in [0.5, 0.6) is 0 Å².